The number of aryl methyl sites for hydroxylation is 2. The number of nitrogens with one attached hydrogen (secondary N) is 1. The number of esters is 1. The molecule has 2 aromatic heterocycles. The molecule has 0 fully saturated rings. The van der Waals surface area contributed by atoms with Gasteiger partial charge in [-0.2, -0.15) is 0 Å². The lowest BCUT2D eigenvalue weighted by Crippen LogP contribution is -2.06. The molecule has 0 aliphatic rings. The van der Waals surface area contributed by atoms with Crippen molar-refractivity contribution in [2.75, 3.05) is 6.61 Å². The standard InChI is InChI=1S/C12H14N4O2/c1-2-18-12(17)11-14-10(15-16-11)7-6-9-5-3-4-8-13-9/h3-5,8H,2,6-7H2,1H3,(H,14,15,16). The highest BCUT2D eigenvalue weighted by molar-refractivity contribution is 5.84. The Hall–Kier alpha value is -2.24. The lowest BCUT2D eigenvalue weighted by molar-refractivity contribution is 0.0512. The number of carbonyl (C=O) groups is 1. The number of nitrogens with zero attached hydrogens (tertiary/aromatic N) is 3. The quantitative estimate of drug-likeness (QED) is 0.801. The maximum atomic E-state index is 11.4. The Bertz CT molecular complexity index is 510. The first-order valence-corrected chi connectivity index (χ1v) is 5.78. The van der Waals surface area contributed by atoms with Gasteiger partial charge in [0.1, 0.15) is 5.82 Å². The van der Waals surface area contributed by atoms with E-state index in [-0.39, 0.29) is 5.82 Å². The number of aromatic nitrogens is 4. The number of ether oxygens (including phenoxy) is 1. The van der Waals surface area contributed by atoms with E-state index in [4.69, 9.17) is 4.74 Å². The predicted molar refractivity (Wildman–Crippen MR) is 64.0 cm³/mol. The molecule has 94 valence electrons. The monoisotopic (exact) mass is 246 g/mol. The van der Waals surface area contributed by atoms with Gasteiger partial charge in [0.2, 0.25) is 0 Å². The molecule has 0 amide bonds. The lowest BCUT2D eigenvalue weighted by Gasteiger charge is -1.96. The number of rotatable bonds is 5. The summed E-state index contributed by atoms with van der Waals surface area (Å²) in [6, 6.07) is 5.76. The van der Waals surface area contributed by atoms with Crippen LogP contribution in [-0.4, -0.2) is 32.7 Å². The maximum absolute atomic E-state index is 11.4. The second-order valence-corrected chi connectivity index (χ2v) is 3.65. The third kappa shape index (κ3) is 3.13. The van der Waals surface area contributed by atoms with Gasteiger partial charge in [0.15, 0.2) is 0 Å². The molecule has 2 rings (SSSR count). The van der Waals surface area contributed by atoms with E-state index in [0.717, 1.165) is 12.1 Å². The molecule has 0 radical (unpaired) electrons. The van der Waals surface area contributed by atoms with E-state index in [1.54, 1.807) is 13.1 Å². The number of carbonyl (C=O) groups excluding carboxylic acids is 1. The van der Waals surface area contributed by atoms with Gasteiger partial charge >= 0.3 is 5.97 Å². The Morgan fingerprint density at radius 3 is 3.00 bits per heavy atom. The van der Waals surface area contributed by atoms with Crippen molar-refractivity contribution in [1.29, 1.82) is 0 Å². The van der Waals surface area contributed by atoms with Crippen LogP contribution >= 0.6 is 0 Å². The number of hydrogen-bond donors (Lipinski definition) is 1. The van der Waals surface area contributed by atoms with E-state index in [9.17, 15) is 4.79 Å². The average molecular weight is 246 g/mol. The largest absolute Gasteiger partial charge is 0.460 e. The fourth-order valence-corrected chi connectivity index (χ4v) is 1.49. The van der Waals surface area contributed by atoms with Crippen molar-refractivity contribution >= 4 is 5.97 Å². The Morgan fingerprint density at radius 2 is 2.28 bits per heavy atom. The fourth-order valence-electron chi connectivity index (χ4n) is 1.49. The molecular weight excluding hydrogens is 232 g/mol. The molecule has 1 N–H and O–H groups in total. The summed E-state index contributed by atoms with van der Waals surface area (Å²) < 4.78 is 4.81. The minimum absolute atomic E-state index is 0.0767. The van der Waals surface area contributed by atoms with E-state index in [2.05, 4.69) is 20.2 Å². The van der Waals surface area contributed by atoms with Crippen molar-refractivity contribution in [2.45, 2.75) is 19.8 Å². The molecule has 0 aliphatic carbocycles. The summed E-state index contributed by atoms with van der Waals surface area (Å²) in [6.07, 6.45) is 3.15. The molecular formula is C12H14N4O2. The average Bonchev–Trinajstić information content (AvgIpc) is 2.87. The minimum Gasteiger partial charge on any atom is -0.460 e. The first kappa shape index (κ1) is 12.2. The van der Waals surface area contributed by atoms with Crippen LogP contribution in [0.1, 0.15) is 29.1 Å². The van der Waals surface area contributed by atoms with E-state index < -0.39 is 5.97 Å². The van der Waals surface area contributed by atoms with Crippen LogP contribution in [0.2, 0.25) is 0 Å². The predicted octanol–water partition coefficient (Wildman–Crippen LogP) is 1.16. The van der Waals surface area contributed by atoms with E-state index in [1.165, 1.54) is 0 Å². The van der Waals surface area contributed by atoms with Crippen molar-refractivity contribution in [3.63, 3.8) is 0 Å². The van der Waals surface area contributed by atoms with Crippen molar-refractivity contribution in [3.05, 3.63) is 41.7 Å². The second kappa shape index (κ2) is 5.90. The van der Waals surface area contributed by atoms with Gasteiger partial charge in [-0.15, -0.1) is 5.10 Å². The third-order valence-corrected chi connectivity index (χ3v) is 2.33. The number of aromatic amines is 1. The molecule has 0 saturated carbocycles. The SMILES string of the molecule is CCOC(=O)c1n[nH]c(CCc2ccccn2)n1. The molecule has 2 aromatic rings. The maximum Gasteiger partial charge on any atom is 0.378 e. The second-order valence-electron chi connectivity index (χ2n) is 3.65. The number of hydrogen-bond acceptors (Lipinski definition) is 5. The van der Waals surface area contributed by atoms with Crippen LogP contribution < -0.4 is 0 Å². The van der Waals surface area contributed by atoms with E-state index >= 15 is 0 Å². The molecule has 6 heteroatoms. The van der Waals surface area contributed by atoms with Gasteiger partial charge < -0.3 is 4.74 Å². The van der Waals surface area contributed by atoms with Gasteiger partial charge in [0.25, 0.3) is 5.82 Å². The Labute approximate surface area is 104 Å². The summed E-state index contributed by atoms with van der Waals surface area (Å²) in [7, 11) is 0. The van der Waals surface area contributed by atoms with Crippen LogP contribution in [0.25, 0.3) is 0 Å². The van der Waals surface area contributed by atoms with Crippen LogP contribution in [0, 0.1) is 0 Å². The van der Waals surface area contributed by atoms with Crippen molar-refractivity contribution in [3.8, 4) is 0 Å². The molecule has 0 aromatic carbocycles. The molecule has 18 heavy (non-hydrogen) atoms. The molecule has 0 bridgehead atoms. The Balaban J connectivity index is 1.93. The summed E-state index contributed by atoms with van der Waals surface area (Å²) in [4.78, 5) is 19.6. The van der Waals surface area contributed by atoms with E-state index in [1.807, 2.05) is 18.2 Å². The first-order valence-electron chi connectivity index (χ1n) is 5.78. The number of H-pyrrole nitrogens is 1. The van der Waals surface area contributed by atoms with Gasteiger partial charge in [-0.1, -0.05) is 6.07 Å². The summed E-state index contributed by atoms with van der Waals surface area (Å²) in [5.74, 6) is 0.231. The van der Waals surface area contributed by atoms with Crippen LogP contribution in [-0.2, 0) is 17.6 Å². The lowest BCUT2D eigenvalue weighted by atomic mass is 10.2. The van der Waals surface area contributed by atoms with Crippen LogP contribution in [0.15, 0.2) is 24.4 Å². The summed E-state index contributed by atoms with van der Waals surface area (Å²) >= 11 is 0. The van der Waals surface area contributed by atoms with Gasteiger partial charge in [0, 0.05) is 18.3 Å². The topological polar surface area (TPSA) is 80.8 Å². The summed E-state index contributed by atoms with van der Waals surface area (Å²) in [5.41, 5.74) is 0.978. The van der Waals surface area contributed by atoms with Gasteiger partial charge in [-0.3, -0.25) is 10.1 Å². The normalized spacial score (nSPS) is 10.3. The van der Waals surface area contributed by atoms with Crippen LogP contribution in [0.5, 0.6) is 0 Å². The minimum atomic E-state index is -0.502. The Morgan fingerprint density at radius 1 is 1.39 bits per heavy atom. The van der Waals surface area contributed by atoms with Crippen LogP contribution in [0.4, 0.5) is 0 Å². The molecule has 0 spiro atoms. The zero-order valence-electron chi connectivity index (χ0n) is 10.1. The Kier molecular flexibility index (Phi) is 4.01. The van der Waals surface area contributed by atoms with Gasteiger partial charge in [-0.05, 0) is 25.5 Å². The number of pyridine rings is 1. The molecule has 0 aliphatic heterocycles. The first-order chi connectivity index (χ1) is 8.79. The molecule has 0 saturated heterocycles. The molecule has 0 unspecified atom stereocenters. The van der Waals surface area contributed by atoms with Crippen LogP contribution in [0.3, 0.4) is 0 Å². The molecule has 2 heterocycles. The summed E-state index contributed by atoms with van der Waals surface area (Å²) in [6.45, 7) is 2.06. The van der Waals surface area contributed by atoms with Crippen molar-refractivity contribution < 1.29 is 9.53 Å². The van der Waals surface area contributed by atoms with Crippen molar-refractivity contribution in [1.82, 2.24) is 20.2 Å². The summed E-state index contributed by atoms with van der Waals surface area (Å²) in [5, 5.41) is 6.54. The molecule has 0 atom stereocenters. The zero-order chi connectivity index (χ0) is 12.8. The third-order valence-electron chi connectivity index (χ3n) is 2.33. The van der Waals surface area contributed by atoms with Crippen molar-refractivity contribution in [2.24, 2.45) is 0 Å². The zero-order valence-corrected chi connectivity index (χ0v) is 10.1. The van der Waals surface area contributed by atoms with Gasteiger partial charge in [-0.25, -0.2) is 9.78 Å². The highest BCUT2D eigenvalue weighted by atomic mass is 16.5. The van der Waals surface area contributed by atoms with Gasteiger partial charge in [0.05, 0.1) is 6.61 Å². The molecule has 6 nitrogen and oxygen atoms in total. The highest BCUT2D eigenvalue weighted by Gasteiger charge is 2.13. The van der Waals surface area contributed by atoms with E-state index in [0.29, 0.717) is 18.9 Å². The fraction of sp³-hybridized carbons (Fsp3) is 0.333. The highest BCUT2D eigenvalue weighted by Crippen LogP contribution is 2.02. The smallest absolute Gasteiger partial charge is 0.378 e.